The molecule has 106 valence electrons. The van der Waals surface area contributed by atoms with Crippen molar-refractivity contribution in [1.29, 1.82) is 0 Å². The van der Waals surface area contributed by atoms with Gasteiger partial charge in [-0.1, -0.05) is 12.1 Å². The molecule has 5 heteroatoms. The van der Waals surface area contributed by atoms with Gasteiger partial charge in [0.1, 0.15) is 30.5 Å². The second kappa shape index (κ2) is 7.26. The van der Waals surface area contributed by atoms with Crippen molar-refractivity contribution in [2.75, 3.05) is 13.2 Å². The monoisotopic (exact) mass is 339 g/mol. The molecule has 0 radical (unpaired) electrons. The highest BCUT2D eigenvalue weighted by Crippen LogP contribution is 2.25. The number of halogens is 2. The first-order valence-electron chi connectivity index (χ1n) is 6.18. The summed E-state index contributed by atoms with van der Waals surface area (Å²) in [5, 5.41) is 0. The first-order valence-corrected chi connectivity index (χ1v) is 6.98. The van der Waals surface area contributed by atoms with Gasteiger partial charge in [-0.2, -0.15) is 0 Å². The standard InChI is InChI=1S/C15H15BrFNO2/c16-14-6-3-12(17)9-15(14)20-8-7-19-13-4-1-11(10-18)2-5-13/h1-6,9H,7-8,10,18H2. The van der Waals surface area contributed by atoms with Gasteiger partial charge in [0.15, 0.2) is 0 Å². The average Bonchev–Trinajstić information content (AvgIpc) is 2.47. The van der Waals surface area contributed by atoms with Gasteiger partial charge < -0.3 is 15.2 Å². The quantitative estimate of drug-likeness (QED) is 0.819. The molecule has 0 saturated heterocycles. The predicted octanol–water partition coefficient (Wildman–Crippen LogP) is 3.50. The lowest BCUT2D eigenvalue weighted by atomic mass is 10.2. The third-order valence-electron chi connectivity index (χ3n) is 2.66. The van der Waals surface area contributed by atoms with E-state index in [1.807, 2.05) is 24.3 Å². The maximum atomic E-state index is 13.1. The Bertz CT molecular complexity index is 560. The van der Waals surface area contributed by atoms with Gasteiger partial charge in [-0.15, -0.1) is 0 Å². The van der Waals surface area contributed by atoms with Gasteiger partial charge in [0.05, 0.1) is 4.47 Å². The van der Waals surface area contributed by atoms with Crippen LogP contribution in [0.2, 0.25) is 0 Å². The van der Waals surface area contributed by atoms with Gasteiger partial charge in [-0.3, -0.25) is 0 Å². The van der Waals surface area contributed by atoms with E-state index in [1.54, 1.807) is 6.07 Å². The Balaban J connectivity index is 1.79. The Hall–Kier alpha value is -1.59. The SMILES string of the molecule is NCc1ccc(OCCOc2cc(F)ccc2Br)cc1. The Labute approximate surface area is 125 Å². The fourth-order valence-corrected chi connectivity index (χ4v) is 1.98. The molecule has 0 unspecified atom stereocenters. The third kappa shape index (κ3) is 4.21. The molecule has 0 aromatic heterocycles. The van der Waals surface area contributed by atoms with Crippen LogP contribution in [0.25, 0.3) is 0 Å². The van der Waals surface area contributed by atoms with Crippen molar-refractivity contribution in [1.82, 2.24) is 0 Å². The minimum absolute atomic E-state index is 0.332. The minimum atomic E-state index is -0.332. The molecule has 0 atom stereocenters. The number of hydrogen-bond donors (Lipinski definition) is 1. The Kier molecular flexibility index (Phi) is 5.38. The lowest BCUT2D eigenvalue weighted by Crippen LogP contribution is -2.09. The summed E-state index contributed by atoms with van der Waals surface area (Å²) in [6, 6.07) is 11.9. The van der Waals surface area contributed by atoms with Crippen molar-refractivity contribution < 1.29 is 13.9 Å². The maximum absolute atomic E-state index is 13.1. The molecular formula is C15H15BrFNO2. The summed E-state index contributed by atoms with van der Waals surface area (Å²) in [5.41, 5.74) is 6.57. The molecule has 0 bridgehead atoms. The highest BCUT2D eigenvalue weighted by Gasteiger charge is 2.03. The van der Waals surface area contributed by atoms with Crippen LogP contribution >= 0.6 is 15.9 Å². The second-order valence-electron chi connectivity index (χ2n) is 4.12. The fraction of sp³-hybridized carbons (Fsp3) is 0.200. The molecule has 2 aromatic rings. The molecule has 2 aromatic carbocycles. The first-order chi connectivity index (χ1) is 9.69. The number of nitrogens with two attached hydrogens (primary N) is 1. The van der Waals surface area contributed by atoms with Crippen LogP contribution in [0.4, 0.5) is 4.39 Å². The zero-order valence-corrected chi connectivity index (χ0v) is 12.4. The lowest BCUT2D eigenvalue weighted by Gasteiger charge is -2.10. The summed E-state index contributed by atoms with van der Waals surface area (Å²) >= 11 is 3.30. The van der Waals surface area contributed by atoms with Crippen LogP contribution in [-0.2, 0) is 6.54 Å². The minimum Gasteiger partial charge on any atom is -0.490 e. The Morgan fingerprint density at radius 3 is 2.40 bits per heavy atom. The molecule has 20 heavy (non-hydrogen) atoms. The largest absolute Gasteiger partial charge is 0.490 e. The zero-order chi connectivity index (χ0) is 14.4. The summed E-state index contributed by atoms with van der Waals surface area (Å²) < 4.78 is 24.7. The highest BCUT2D eigenvalue weighted by molar-refractivity contribution is 9.10. The maximum Gasteiger partial charge on any atom is 0.136 e. The van der Waals surface area contributed by atoms with E-state index in [9.17, 15) is 4.39 Å². The van der Waals surface area contributed by atoms with E-state index in [1.165, 1.54) is 12.1 Å². The van der Waals surface area contributed by atoms with E-state index in [-0.39, 0.29) is 5.82 Å². The Morgan fingerprint density at radius 2 is 1.70 bits per heavy atom. The van der Waals surface area contributed by atoms with Crippen LogP contribution in [-0.4, -0.2) is 13.2 Å². The summed E-state index contributed by atoms with van der Waals surface area (Å²) in [7, 11) is 0. The second-order valence-corrected chi connectivity index (χ2v) is 4.97. The summed E-state index contributed by atoms with van der Waals surface area (Å²) in [6.45, 7) is 1.22. The van der Waals surface area contributed by atoms with Crippen molar-refractivity contribution in [3.63, 3.8) is 0 Å². The van der Waals surface area contributed by atoms with Crippen LogP contribution in [0, 0.1) is 5.82 Å². The summed E-state index contributed by atoms with van der Waals surface area (Å²) in [5.74, 6) is 0.887. The van der Waals surface area contributed by atoms with E-state index in [2.05, 4.69) is 15.9 Å². The highest BCUT2D eigenvalue weighted by atomic mass is 79.9. The molecule has 0 amide bonds. The molecule has 2 N–H and O–H groups in total. The molecule has 0 aliphatic rings. The van der Waals surface area contributed by atoms with Gasteiger partial charge in [-0.25, -0.2) is 4.39 Å². The van der Waals surface area contributed by atoms with E-state index in [0.717, 1.165) is 11.3 Å². The van der Waals surface area contributed by atoms with Crippen molar-refractivity contribution in [2.24, 2.45) is 5.73 Å². The topological polar surface area (TPSA) is 44.5 Å². The molecule has 0 fully saturated rings. The predicted molar refractivity (Wildman–Crippen MR) is 79.4 cm³/mol. The first kappa shape index (κ1) is 14.8. The van der Waals surface area contributed by atoms with E-state index in [0.29, 0.717) is 30.0 Å². The van der Waals surface area contributed by atoms with Gasteiger partial charge in [-0.05, 0) is 45.8 Å². The van der Waals surface area contributed by atoms with Crippen LogP contribution in [0.15, 0.2) is 46.9 Å². The normalized spacial score (nSPS) is 10.3. The molecule has 2 rings (SSSR count). The smallest absolute Gasteiger partial charge is 0.136 e. The number of benzene rings is 2. The van der Waals surface area contributed by atoms with E-state index in [4.69, 9.17) is 15.2 Å². The number of hydrogen-bond acceptors (Lipinski definition) is 3. The zero-order valence-electron chi connectivity index (χ0n) is 10.8. The molecular weight excluding hydrogens is 325 g/mol. The molecule has 0 saturated carbocycles. The van der Waals surface area contributed by atoms with Crippen LogP contribution in [0.1, 0.15) is 5.56 Å². The van der Waals surface area contributed by atoms with Gasteiger partial charge in [0.2, 0.25) is 0 Å². The van der Waals surface area contributed by atoms with Gasteiger partial charge in [0, 0.05) is 12.6 Å². The third-order valence-corrected chi connectivity index (χ3v) is 3.32. The van der Waals surface area contributed by atoms with E-state index >= 15 is 0 Å². The van der Waals surface area contributed by atoms with Crippen molar-refractivity contribution in [2.45, 2.75) is 6.54 Å². The van der Waals surface area contributed by atoms with Crippen molar-refractivity contribution >= 4 is 15.9 Å². The number of ether oxygens (including phenoxy) is 2. The molecule has 0 aliphatic heterocycles. The van der Waals surface area contributed by atoms with Crippen molar-refractivity contribution in [3.05, 3.63) is 58.3 Å². The lowest BCUT2D eigenvalue weighted by molar-refractivity contribution is 0.216. The molecule has 0 spiro atoms. The number of rotatable bonds is 6. The molecule has 0 heterocycles. The summed E-state index contributed by atoms with van der Waals surface area (Å²) in [4.78, 5) is 0. The van der Waals surface area contributed by atoms with Crippen LogP contribution < -0.4 is 15.2 Å². The Morgan fingerprint density at radius 1 is 1.00 bits per heavy atom. The summed E-state index contributed by atoms with van der Waals surface area (Å²) in [6.07, 6.45) is 0. The average molecular weight is 340 g/mol. The van der Waals surface area contributed by atoms with Crippen LogP contribution in [0.5, 0.6) is 11.5 Å². The van der Waals surface area contributed by atoms with Gasteiger partial charge >= 0.3 is 0 Å². The molecule has 3 nitrogen and oxygen atoms in total. The van der Waals surface area contributed by atoms with Gasteiger partial charge in [0.25, 0.3) is 0 Å². The van der Waals surface area contributed by atoms with Crippen molar-refractivity contribution in [3.8, 4) is 11.5 Å². The fourth-order valence-electron chi connectivity index (χ4n) is 1.62. The van der Waals surface area contributed by atoms with Crippen LogP contribution in [0.3, 0.4) is 0 Å². The van der Waals surface area contributed by atoms with E-state index < -0.39 is 0 Å². The molecule has 0 aliphatic carbocycles.